The van der Waals surface area contributed by atoms with Crippen molar-refractivity contribution >= 4 is 0 Å². The van der Waals surface area contributed by atoms with Crippen LogP contribution in [-0.4, -0.2) is 11.7 Å². The summed E-state index contributed by atoms with van der Waals surface area (Å²) in [5.74, 6) is 0.877. The molecule has 1 N–H and O–H groups in total. The first-order valence-corrected chi connectivity index (χ1v) is 4.11. The molecule has 0 radical (unpaired) electrons. The van der Waals surface area contributed by atoms with Crippen molar-refractivity contribution in [3.05, 3.63) is 28.8 Å². The molecule has 1 aromatic rings. The molecule has 0 saturated heterocycles. The second kappa shape index (κ2) is 2.49. The summed E-state index contributed by atoms with van der Waals surface area (Å²) < 4.78 is 5.37. The molecule has 0 spiro atoms. The number of rotatable bonds is 0. The Kier molecular flexibility index (Phi) is 1.58. The Bertz CT molecular complexity index is 318. The van der Waals surface area contributed by atoms with E-state index in [0.717, 1.165) is 22.4 Å². The zero-order valence-electron chi connectivity index (χ0n) is 7.29. The van der Waals surface area contributed by atoms with Crippen molar-refractivity contribution in [2.75, 3.05) is 6.61 Å². The van der Waals surface area contributed by atoms with Crippen LogP contribution in [0, 0.1) is 13.8 Å². The molecule has 0 aromatic heterocycles. The largest absolute Gasteiger partial charge is 0.490 e. The Hall–Kier alpha value is -1.02. The number of hydrogen-bond acceptors (Lipinski definition) is 2. The van der Waals surface area contributed by atoms with E-state index in [1.165, 1.54) is 0 Å². The van der Waals surface area contributed by atoms with E-state index in [9.17, 15) is 5.11 Å². The van der Waals surface area contributed by atoms with Crippen molar-refractivity contribution in [1.29, 1.82) is 0 Å². The first-order valence-electron chi connectivity index (χ1n) is 4.11. The fourth-order valence-corrected chi connectivity index (χ4v) is 1.66. The zero-order valence-corrected chi connectivity index (χ0v) is 7.29. The highest BCUT2D eigenvalue weighted by Crippen LogP contribution is 2.37. The summed E-state index contributed by atoms with van der Waals surface area (Å²) in [5, 5.41) is 9.56. The maximum Gasteiger partial charge on any atom is 0.128 e. The molecule has 1 aliphatic rings. The lowest BCUT2D eigenvalue weighted by molar-refractivity contribution is 0.140. The van der Waals surface area contributed by atoms with Gasteiger partial charge in [-0.15, -0.1) is 0 Å². The molecule has 2 rings (SSSR count). The van der Waals surface area contributed by atoms with Crippen LogP contribution in [0.4, 0.5) is 0 Å². The quantitative estimate of drug-likeness (QED) is 0.632. The molecule has 2 nitrogen and oxygen atoms in total. The molecular formula is C10H12O2. The average Bonchev–Trinajstić information content (AvgIpc) is 2.42. The number of aliphatic hydroxyl groups excluding tert-OH is 1. The van der Waals surface area contributed by atoms with Crippen LogP contribution in [0.1, 0.15) is 22.8 Å². The summed E-state index contributed by atoms with van der Waals surface area (Å²) >= 11 is 0. The summed E-state index contributed by atoms with van der Waals surface area (Å²) in [5.41, 5.74) is 3.18. The van der Waals surface area contributed by atoms with Gasteiger partial charge in [-0.05, 0) is 25.0 Å². The predicted octanol–water partition coefficient (Wildman–Crippen LogP) is 1.73. The standard InChI is InChI=1S/C10H12O2/c1-6-3-4-7(2)10-9(6)8(11)5-12-10/h3-4,8,11H,5H2,1-2H3. The fourth-order valence-electron chi connectivity index (χ4n) is 1.66. The minimum absolute atomic E-state index is 0.404. The highest BCUT2D eigenvalue weighted by molar-refractivity contribution is 5.49. The maximum atomic E-state index is 9.56. The summed E-state index contributed by atoms with van der Waals surface area (Å²) in [6, 6.07) is 4.04. The third-order valence-corrected chi connectivity index (χ3v) is 2.33. The second-order valence-corrected chi connectivity index (χ2v) is 3.27. The smallest absolute Gasteiger partial charge is 0.128 e. The van der Waals surface area contributed by atoms with Crippen molar-refractivity contribution in [1.82, 2.24) is 0 Å². The average molecular weight is 164 g/mol. The number of aryl methyl sites for hydroxylation is 2. The first kappa shape index (κ1) is 7.62. The van der Waals surface area contributed by atoms with Gasteiger partial charge >= 0.3 is 0 Å². The molecule has 0 amide bonds. The topological polar surface area (TPSA) is 29.5 Å². The molecule has 12 heavy (non-hydrogen) atoms. The summed E-state index contributed by atoms with van der Waals surface area (Å²) in [4.78, 5) is 0. The molecule has 1 aliphatic heterocycles. The van der Waals surface area contributed by atoms with Crippen LogP contribution >= 0.6 is 0 Å². The lowest BCUT2D eigenvalue weighted by Crippen LogP contribution is -1.98. The third-order valence-electron chi connectivity index (χ3n) is 2.33. The number of ether oxygens (including phenoxy) is 1. The fraction of sp³-hybridized carbons (Fsp3) is 0.400. The monoisotopic (exact) mass is 164 g/mol. The molecule has 0 aliphatic carbocycles. The normalized spacial score (nSPS) is 20.4. The molecule has 0 fully saturated rings. The van der Waals surface area contributed by atoms with Crippen LogP contribution < -0.4 is 4.74 Å². The van der Waals surface area contributed by atoms with Crippen molar-refractivity contribution in [2.24, 2.45) is 0 Å². The van der Waals surface area contributed by atoms with E-state index >= 15 is 0 Å². The van der Waals surface area contributed by atoms with Gasteiger partial charge in [0.25, 0.3) is 0 Å². The van der Waals surface area contributed by atoms with Crippen LogP contribution in [0.5, 0.6) is 5.75 Å². The number of benzene rings is 1. The molecule has 2 heteroatoms. The van der Waals surface area contributed by atoms with Crippen molar-refractivity contribution in [3.8, 4) is 5.75 Å². The van der Waals surface area contributed by atoms with E-state index in [2.05, 4.69) is 0 Å². The van der Waals surface area contributed by atoms with Gasteiger partial charge in [0.15, 0.2) is 0 Å². The van der Waals surface area contributed by atoms with Crippen molar-refractivity contribution < 1.29 is 9.84 Å². The Labute approximate surface area is 71.8 Å². The van der Waals surface area contributed by atoms with E-state index < -0.39 is 6.10 Å². The SMILES string of the molecule is Cc1ccc(C)c2c1OCC2O. The predicted molar refractivity (Wildman–Crippen MR) is 46.4 cm³/mol. The van der Waals surface area contributed by atoms with E-state index in [0.29, 0.717) is 6.61 Å². The molecule has 0 bridgehead atoms. The summed E-state index contributed by atoms with van der Waals surface area (Å²) in [7, 11) is 0. The van der Waals surface area contributed by atoms with E-state index in [1.54, 1.807) is 0 Å². The molecule has 1 atom stereocenters. The van der Waals surface area contributed by atoms with Gasteiger partial charge in [-0.2, -0.15) is 0 Å². The highest BCUT2D eigenvalue weighted by Gasteiger charge is 2.24. The molecule has 0 saturated carbocycles. The van der Waals surface area contributed by atoms with Crippen LogP contribution in [0.3, 0.4) is 0 Å². The second-order valence-electron chi connectivity index (χ2n) is 3.27. The summed E-state index contributed by atoms with van der Waals surface area (Å²) in [6.07, 6.45) is -0.431. The Balaban J connectivity index is 2.64. The van der Waals surface area contributed by atoms with Crippen LogP contribution in [0.25, 0.3) is 0 Å². The van der Waals surface area contributed by atoms with Gasteiger partial charge in [-0.25, -0.2) is 0 Å². The van der Waals surface area contributed by atoms with E-state index in [4.69, 9.17) is 4.74 Å². The van der Waals surface area contributed by atoms with E-state index in [-0.39, 0.29) is 0 Å². The molecular weight excluding hydrogens is 152 g/mol. The molecule has 1 unspecified atom stereocenters. The van der Waals surface area contributed by atoms with Crippen LogP contribution in [0.15, 0.2) is 12.1 Å². The minimum atomic E-state index is -0.431. The lowest BCUT2D eigenvalue weighted by atomic mass is 10.0. The van der Waals surface area contributed by atoms with Crippen molar-refractivity contribution in [2.45, 2.75) is 20.0 Å². The van der Waals surface area contributed by atoms with Gasteiger partial charge in [-0.3, -0.25) is 0 Å². The third kappa shape index (κ3) is 0.916. The van der Waals surface area contributed by atoms with E-state index in [1.807, 2.05) is 26.0 Å². The molecule has 1 heterocycles. The van der Waals surface area contributed by atoms with Crippen LogP contribution in [0.2, 0.25) is 0 Å². The molecule has 64 valence electrons. The minimum Gasteiger partial charge on any atom is -0.490 e. The van der Waals surface area contributed by atoms with Gasteiger partial charge < -0.3 is 9.84 Å². The van der Waals surface area contributed by atoms with Crippen molar-refractivity contribution in [3.63, 3.8) is 0 Å². The zero-order chi connectivity index (χ0) is 8.72. The maximum absolute atomic E-state index is 9.56. The lowest BCUT2D eigenvalue weighted by Gasteiger charge is -2.06. The molecule has 1 aromatic carbocycles. The number of hydrogen-bond donors (Lipinski definition) is 1. The first-order chi connectivity index (χ1) is 5.70. The van der Waals surface area contributed by atoms with Gasteiger partial charge in [0.1, 0.15) is 18.5 Å². The van der Waals surface area contributed by atoms with Gasteiger partial charge in [0.2, 0.25) is 0 Å². The Morgan fingerprint density at radius 3 is 2.67 bits per heavy atom. The Morgan fingerprint density at radius 1 is 1.33 bits per heavy atom. The summed E-state index contributed by atoms with van der Waals surface area (Å²) in [6.45, 7) is 4.40. The highest BCUT2D eigenvalue weighted by atomic mass is 16.5. The number of aliphatic hydroxyl groups is 1. The van der Waals surface area contributed by atoms with Gasteiger partial charge in [0, 0.05) is 5.56 Å². The van der Waals surface area contributed by atoms with Gasteiger partial charge in [0.05, 0.1) is 0 Å². The van der Waals surface area contributed by atoms with Crippen LogP contribution in [-0.2, 0) is 0 Å². The Morgan fingerprint density at radius 2 is 2.00 bits per heavy atom. The van der Waals surface area contributed by atoms with Gasteiger partial charge in [-0.1, -0.05) is 12.1 Å². The number of fused-ring (bicyclic) bond motifs is 1.